The van der Waals surface area contributed by atoms with Gasteiger partial charge in [-0.2, -0.15) is 0 Å². The van der Waals surface area contributed by atoms with Crippen molar-refractivity contribution < 1.29 is 4.79 Å². The van der Waals surface area contributed by atoms with Crippen molar-refractivity contribution in [1.82, 2.24) is 15.6 Å². The van der Waals surface area contributed by atoms with Gasteiger partial charge in [0.2, 0.25) is 5.91 Å². The van der Waals surface area contributed by atoms with Crippen LogP contribution < -0.4 is 11.3 Å². The van der Waals surface area contributed by atoms with Gasteiger partial charge < -0.3 is 0 Å². The van der Waals surface area contributed by atoms with E-state index in [1.807, 2.05) is 6.92 Å². The van der Waals surface area contributed by atoms with Gasteiger partial charge in [0.05, 0.1) is 0 Å². The third kappa shape index (κ3) is 3.71. The van der Waals surface area contributed by atoms with Crippen LogP contribution in [0.15, 0.2) is 9.85 Å². The number of thioether (sulfide) groups is 1. The monoisotopic (exact) mass is 218 g/mol. The average Bonchev–Trinajstić information content (AvgIpc) is 2.56. The zero-order valence-electron chi connectivity index (χ0n) is 7.06. The van der Waals surface area contributed by atoms with Crippen LogP contribution in [-0.2, 0) is 4.79 Å². The second kappa shape index (κ2) is 5.15. The maximum atomic E-state index is 10.9. The molecule has 3 N–H and O–H groups in total. The standard InChI is InChI=1S/C6H10N4OS2/c1-4(2-5(11)9-7)13-6-10-8-3-12-6/h3-4H,2,7H2,1H3,(H,9,11). The van der Waals surface area contributed by atoms with Crippen LogP contribution in [0.1, 0.15) is 13.3 Å². The summed E-state index contributed by atoms with van der Waals surface area (Å²) in [5.74, 6) is 4.80. The number of aromatic nitrogens is 2. The van der Waals surface area contributed by atoms with E-state index in [0.29, 0.717) is 6.42 Å². The van der Waals surface area contributed by atoms with Crippen LogP contribution in [0.3, 0.4) is 0 Å². The highest BCUT2D eigenvalue weighted by Gasteiger charge is 2.10. The Kier molecular flexibility index (Phi) is 4.13. The first-order chi connectivity index (χ1) is 6.22. The normalized spacial score (nSPS) is 12.5. The van der Waals surface area contributed by atoms with Gasteiger partial charge in [-0.15, -0.1) is 10.2 Å². The molecule has 1 heterocycles. The number of amides is 1. The van der Waals surface area contributed by atoms with E-state index in [9.17, 15) is 4.79 Å². The Morgan fingerprint density at radius 3 is 3.23 bits per heavy atom. The first kappa shape index (κ1) is 10.4. The second-order valence-corrected chi connectivity index (χ2v) is 4.92. The smallest absolute Gasteiger partial charge is 0.234 e. The topological polar surface area (TPSA) is 80.9 Å². The minimum absolute atomic E-state index is 0.162. The summed E-state index contributed by atoms with van der Waals surface area (Å²) in [5, 5.41) is 7.72. The molecule has 0 aliphatic heterocycles. The molecule has 72 valence electrons. The van der Waals surface area contributed by atoms with Crippen molar-refractivity contribution >= 4 is 29.0 Å². The number of rotatable bonds is 4. The molecule has 7 heteroatoms. The van der Waals surface area contributed by atoms with Crippen LogP contribution >= 0.6 is 23.1 Å². The van der Waals surface area contributed by atoms with Gasteiger partial charge in [0.1, 0.15) is 5.51 Å². The summed E-state index contributed by atoms with van der Waals surface area (Å²) in [6.45, 7) is 1.95. The highest BCUT2D eigenvalue weighted by Crippen LogP contribution is 2.25. The lowest BCUT2D eigenvalue weighted by molar-refractivity contribution is -0.121. The number of carbonyl (C=O) groups is 1. The fourth-order valence-electron chi connectivity index (χ4n) is 0.748. The minimum Gasteiger partial charge on any atom is -0.294 e. The predicted octanol–water partition coefficient (Wildman–Crippen LogP) is 0.399. The molecule has 1 rings (SSSR count). The fraction of sp³-hybridized carbons (Fsp3) is 0.500. The van der Waals surface area contributed by atoms with Gasteiger partial charge in [0.15, 0.2) is 4.34 Å². The lowest BCUT2D eigenvalue weighted by Gasteiger charge is -2.06. The van der Waals surface area contributed by atoms with Gasteiger partial charge in [0, 0.05) is 11.7 Å². The van der Waals surface area contributed by atoms with Crippen LogP contribution in [0, 0.1) is 0 Å². The molecule has 0 radical (unpaired) electrons. The fourth-order valence-corrected chi connectivity index (χ4v) is 2.54. The van der Waals surface area contributed by atoms with Crippen molar-refractivity contribution in [2.75, 3.05) is 0 Å². The molecule has 1 aromatic heterocycles. The summed E-state index contributed by atoms with van der Waals surface area (Å²) in [6.07, 6.45) is 0.390. The summed E-state index contributed by atoms with van der Waals surface area (Å²) in [5.41, 5.74) is 3.76. The summed E-state index contributed by atoms with van der Waals surface area (Å²) < 4.78 is 0.873. The molecule has 5 nitrogen and oxygen atoms in total. The number of carbonyl (C=O) groups excluding carboxylic acids is 1. The van der Waals surface area contributed by atoms with E-state index in [1.54, 1.807) is 5.51 Å². The Balaban J connectivity index is 2.33. The first-order valence-electron chi connectivity index (χ1n) is 3.64. The van der Waals surface area contributed by atoms with Gasteiger partial charge in [-0.3, -0.25) is 10.2 Å². The van der Waals surface area contributed by atoms with Crippen molar-refractivity contribution in [3.05, 3.63) is 5.51 Å². The predicted molar refractivity (Wildman–Crippen MR) is 52.2 cm³/mol. The Bertz CT molecular complexity index is 264. The van der Waals surface area contributed by atoms with E-state index < -0.39 is 0 Å². The van der Waals surface area contributed by atoms with E-state index in [0.717, 1.165) is 4.34 Å². The zero-order valence-corrected chi connectivity index (χ0v) is 8.69. The molecule has 1 aromatic rings. The Hall–Kier alpha value is -0.660. The summed E-state index contributed by atoms with van der Waals surface area (Å²) >= 11 is 2.99. The molecule has 0 fully saturated rings. The van der Waals surface area contributed by atoms with E-state index in [1.165, 1.54) is 23.1 Å². The molecule has 1 atom stereocenters. The molecule has 0 bridgehead atoms. The maximum absolute atomic E-state index is 10.9. The lowest BCUT2D eigenvalue weighted by Crippen LogP contribution is -2.31. The molecule has 13 heavy (non-hydrogen) atoms. The number of hydrazine groups is 1. The number of nitrogens with zero attached hydrogens (tertiary/aromatic N) is 2. The van der Waals surface area contributed by atoms with Crippen LogP contribution in [0.5, 0.6) is 0 Å². The molecule has 0 saturated heterocycles. The Morgan fingerprint density at radius 1 is 1.92 bits per heavy atom. The number of nitrogens with two attached hydrogens (primary N) is 1. The lowest BCUT2D eigenvalue weighted by atomic mass is 10.3. The number of hydrogen-bond acceptors (Lipinski definition) is 6. The van der Waals surface area contributed by atoms with E-state index in [4.69, 9.17) is 5.84 Å². The third-order valence-electron chi connectivity index (χ3n) is 1.28. The van der Waals surface area contributed by atoms with Gasteiger partial charge in [0.25, 0.3) is 0 Å². The van der Waals surface area contributed by atoms with Crippen molar-refractivity contribution in [3.8, 4) is 0 Å². The molecule has 1 unspecified atom stereocenters. The van der Waals surface area contributed by atoms with Gasteiger partial charge in [-0.05, 0) is 0 Å². The molecule has 1 amide bonds. The summed E-state index contributed by atoms with van der Waals surface area (Å²) in [6, 6.07) is 0. The van der Waals surface area contributed by atoms with E-state index in [-0.39, 0.29) is 11.2 Å². The Morgan fingerprint density at radius 2 is 2.69 bits per heavy atom. The van der Waals surface area contributed by atoms with Gasteiger partial charge in [-0.25, -0.2) is 5.84 Å². The van der Waals surface area contributed by atoms with Crippen LogP contribution in [-0.4, -0.2) is 21.4 Å². The molecular formula is C6H10N4OS2. The quantitative estimate of drug-likeness (QED) is 0.331. The molecule has 0 spiro atoms. The second-order valence-electron chi connectivity index (χ2n) is 2.40. The van der Waals surface area contributed by atoms with Crippen molar-refractivity contribution in [3.63, 3.8) is 0 Å². The molecular weight excluding hydrogens is 208 g/mol. The first-order valence-corrected chi connectivity index (χ1v) is 5.40. The molecule has 0 aliphatic rings. The van der Waals surface area contributed by atoms with E-state index in [2.05, 4.69) is 15.6 Å². The minimum atomic E-state index is -0.162. The Labute approximate surface area is 84.1 Å². The summed E-state index contributed by atoms with van der Waals surface area (Å²) in [7, 11) is 0. The zero-order chi connectivity index (χ0) is 9.68. The molecule has 0 saturated carbocycles. The maximum Gasteiger partial charge on any atom is 0.234 e. The van der Waals surface area contributed by atoms with Crippen molar-refractivity contribution in [2.24, 2.45) is 5.84 Å². The van der Waals surface area contributed by atoms with Gasteiger partial charge >= 0.3 is 0 Å². The third-order valence-corrected chi connectivity index (χ3v) is 3.19. The molecule has 0 aliphatic carbocycles. The van der Waals surface area contributed by atoms with Crippen LogP contribution in [0.2, 0.25) is 0 Å². The SMILES string of the molecule is CC(CC(=O)NN)Sc1nncs1. The largest absolute Gasteiger partial charge is 0.294 e. The van der Waals surface area contributed by atoms with Crippen molar-refractivity contribution in [2.45, 2.75) is 22.9 Å². The summed E-state index contributed by atoms with van der Waals surface area (Å²) in [4.78, 5) is 10.9. The number of nitrogens with one attached hydrogen (secondary N) is 1. The van der Waals surface area contributed by atoms with E-state index >= 15 is 0 Å². The molecule has 0 aromatic carbocycles. The van der Waals surface area contributed by atoms with Crippen LogP contribution in [0.4, 0.5) is 0 Å². The van der Waals surface area contributed by atoms with Gasteiger partial charge in [-0.1, -0.05) is 30.0 Å². The highest BCUT2D eigenvalue weighted by molar-refractivity contribution is 8.01. The van der Waals surface area contributed by atoms with Crippen molar-refractivity contribution in [1.29, 1.82) is 0 Å². The average molecular weight is 218 g/mol. The number of hydrogen-bond donors (Lipinski definition) is 2. The highest BCUT2D eigenvalue weighted by atomic mass is 32.2. The van der Waals surface area contributed by atoms with Crippen LogP contribution in [0.25, 0.3) is 0 Å².